The molecular formula is C20H33N3O7. The van der Waals surface area contributed by atoms with E-state index in [4.69, 9.17) is 20.9 Å². The third kappa shape index (κ3) is 5.00. The highest BCUT2D eigenvalue weighted by Gasteiger charge is 2.49. The minimum atomic E-state index is -1.40. The fraction of sp³-hybridized carbons (Fsp3) is 0.700. The lowest BCUT2D eigenvalue weighted by Crippen LogP contribution is -2.68. The van der Waals surface area contributed by atoms with Gasteiger partial charge in [0.2, 0.25) is 0 Å². The minimum Gasteiger partial charge on any atom is -0.391 e. The molecule has 1 saturated carbocycles. The highest BCUT2D eigenvalue weighted by atomic mass is 16.7. The summed E-state index contributed by atoms with van der Waals surface area (Å²) in [7, 11) is 0. The molecule has 0 bridgehead atoms. The SMILES string of the molecule is C[C@@H](O)C1OC(OC2C(N)CC(NCc3ccccc3)C(O)C2O)C(N)C(O)C1O. The van der Waals surface area contributed by atoms with Crippen LogP contribution < -0.4 is 16.8 Å². The summed E-state index contributed by atoms with van der Waals surface area (Å²) in [5.74, 6) is 0. The Morgan fingerprint density at radius 3 is 2.37 bits per heavy atom. The Labute approximate surface area is 175 Å². The number of aliphatic hydroxyl groups is 5. The molecule has 1 saturated heterocycles. The molecule has 11 atom stereocenters. The van der Waals surface area contributed by atoms with Gasteiger partial charge in [0, 0.05) is 18.6 Å². The smallest absolute Gasteiger partial charge is 0.176 e. The average molecular weight is 427 g/mol. The van der Waals surface area contributed by atoms with Crippen LogP contribution in [-0.4, -0.2) is 92.7 Å². The van der Waals surface area contributed by atoms with Crippen LogP contribution >= 0.6 is 0 Å². The van der Waals surface area contributed by atoms with E-state index in [-0.39, 0.29) is 0 Å². The molecule has 0 aromatic heterocycles. The van der Waals surface area contributed by atoms with E-state index in [1.54, 1.807) is 0 Å². The zero-order valence-electron chi connectivity index (χ0n) is 16.9. The first-order valence-corrected chi connectivity index (χ1v) is 10.2. The largest absolute Gasteiger partial charge is 0.391 e. The lowest BCUT2D eigenvalue weighted by atomic mass is 9.84. The van der Waals surface area contributed by atoms with Crippen LogP contribution in [0.1, 0.15) is 18.9 Å². The van der Waals surface area contributed by atoms with Gasteiger partial charge in [0.05, 0.1) is 18.2 Å². The Morgan fingerprint density at radius 2 is 1.73 bits per heavy atom. The van der Waals surface area contributed by atoms with Crippen molar-refractivity contribution < 1.29 is 35.0 Å². The van der Waals surface area contributed by atoms with E-state index in [1.807, 2.05) is 30.3 Å². The van der Waals surface area contributed by atoms with Gasteiger partial charge in [-0.3, -0.25) is 0 Å². The fourth-order valence-corrected chi connectivity index (χ4v) is 4.07. The van der Waals surface area contributed by atoms with Gasteiger partial charge in [-0.15, -0.1) is 0 Å². The van der Waals surface area contributed by atoms with Crippen molar-refractivity contribution in [1.82, 2.24) is 5.32 Å². The maximum Gasteiger partial charge on any atom is 0.176 e. The molecule has 10 nitrogen and oxygen atoms in total. The standard InChI is InChI=1S/C20H33N3O7/c1-9(24)18-17(28)15(26)13(22)20(29-18)30-19-11(21)7-12(14(25)16(19)27)23-8-10-5-3-2-4-6-10/h2-6,9,11-20,23-28H,7-8,21-22H2,1H3/t9-,11?,12?,13?,14?,15?,16?,17?,18?,19?,20?/m1/s1. The number of nitrogens with one attached hydrogen (secondary N) is 1. The number of hydrogen-bond acceptors (Lipinski definition) is 10. The number of aliphatic hydroxyl groups excluding tert-OH is 5. The van der Waals surface area contributed by atoms with E-state index in [1.165, 1.54) is 6.92 Å². The van der Waals surface area contributed by atoms with E-state index in [0.29, 0.717) is 13.0 Å². The summed E-state index contributed by atoms with van der Waals surface area (Å²) in [5.41, 5.74) is 13.2. The average Bonchev–Trinajstić information content (AvgIpc) is 2.73. The molecule has 1 aliphatic heterocycles. The Morgan fingerprint density at radius 1 is 1.07 bits per heavy atom. The van der Waals surface area contributed by atoms with Gasteiger partial charge >= 0.3 is 0 Å². The van der Waals surface area contributed by atoms with Crippen LogP contribution in [0.2, 0.25) is 0 Å². The van der Waals surface area contributed by atoms with Crippen molar-refractivity contribution in [2.24, 2.45) is 11.5 Å². The van der Waals surface area contributed by atoms with Crippen molar-refractivity contribution in [1.29, 1.82) is 0 Å². The first kappa shape index (κ1) is 23.5. The van der Waals surface area contributed by atoms with Gasteiger partial charge in [0.1, 0.15) is 30.5 Å². The fourth-order valence-electron chi connectivity index (χ4n) is 4.07. The van der Waals surface area contributed by atoms with Crippen molar-refractivity contribution in [2.45, 2.75) is 87.0 Å². The third-order valence-electron chi connectivity index (χ3n) is 5.91. The number of benzene rings is 1. The van der Waals surface area contributed by atoms with Gasteiger partial charge in [0.25, 0.3) is 0 Å². The molecule has 10 heteroatoms. The van der Waals surface area contributed by atoms with Crippen LogP contribution in [-0.2, 0) is 16.0 Å². The Balaban J connectivity index is 1.63. The second-order valence-corrected chi connectivity index (χ2v) is 8.22. The predicted octanol–water partition coefficient (Wildman–Crippen LogP) is -2.86. The molecule has 1 heterocycles. The molecule has 3 rings (SSSR count). The second-order valence-electron chi connectivity index (χ2n) is 8.22. The van der Waals surface area contributed by atoms with E-state index in [2.05, 4.69) is 5.32 Å². The van der Waals surface area contributed by atoms with E-state index >= 15 is 0 Å². The van der Waals surface area contributed by atoms with Crippen molar-refractivity contribution >= 4 is 0 Å². The first-order valence-electron chi connectivity index (χ1n) is 10.2. The maximum atomic E-state index is 10.6. The van der Waals surface area contributed by atoms with Crippen molar-refractivity contribution in [3.63, 3.8) is 0 Å². The van der Waals surface area contributed by atoms with Crippen molar-refractivity contribution in [3.8, 4) is 0 Å². The number of nitrogens with two attached hydrogens (primary N) is 2. The highest BCUT2D eigenvalue weighted by molar-refractivity contribution is 5.14. The van der Waals surface area contributed by atoms with Crippen molar-refractivity contribution in [3.05, 3.63) is 35.9 Å². The van der Waals surface area contributed by atoms with Gasteiger partial charge in [-0.25, -0.2) is 0 Å². The van der Waals surface area contributed by atoms with Crippen LogP contribution in [0.25, 0.3) is 0 Å². The summed E-state index contributed by atoms with van der Waals surface area (Å²) in [6.07, 6.45) is -9.39. The summed E-state index contributed by atoms with van der Waals surface area (Å²) >= 11 is 0. The Bertz CT molecular complexity index is 667. The molecule has 10 N–H and O–H groups in total. The molecule has 0 amide bonds. The highest BCUT2D eigenvalue weighted by Crippen LogP contribution is 2.28. The third-order valence-corrected chi connectivity index (χ3v) is 5.91. The molecular weight excluding hydrogens is 394 g/mol. The summed E-state index contributed by atoms with van der Waals surface area (Å²) in [4.78, 5) is 0. The van der Waals surface area contributed by atoms with E-state index < -0.39 is 67.1 Å². The predicted molar refractivity (Wildman–Crippen MR) is 107 cm³/mol. The van der Waals surface area contributed by atoms with Gasteiger partial charge in [-0.05, 0) is 18.9 Å². The molecule has 10 unspecified atom stereocenters. The van der Waals surface area contributed by atoms with Crippen LogP contribution in [0.4, 0.5) is 0 Å². The molecule has 2 fully saturated rings. The minimum absolute atomic E-state index is 0.322. The molecule has 1 aromatic carbocycles. The normalized spacial score (nSPS) is 43.3. The molecule has 1 aliphatic carbocycles. The summed E-state index contributed by atoms with van der Waals surface area (Å²) in [6.45, 7) is 1.91. The van der Waals surface area contributed by atoms with Gasteiger partial charge in [0.15, 0.2) is 6.29 Å². The molecule has 170 valence electrons. The zero-order valence-corrected chi connectivity index (χ0v) is 16.9. The van der Waals surface area contributed by atoms with E-state index in [9.17, 15) is 25.5 Å². The van der Waals surface area contributed by atoms with Crippen LogP contribution in [0.3, 0.4) is 0 Å². The summed E-state index contributed by atoms with van der Waals surface area (Å²) in [5, 5.41) is 54.4. The number of hydrogen-bond donors (Lipinski definition) is 8. The van der Waals surface area contributed by atoms with Gasteiger partial charge < -0.3 is 51.8 Å². The lowest BCUT2D eigenvalue weighted by molar-refractivity contribution is -0.301. The van der Waals surface area contributed by atoms with Crippen LogP contribution in [0, 0.1) is 0 Å². The monoisotopic (exact) mass is 427 g/mol. The van der Waals surface area contributed by atoms with E-state index in [0.717, 1.165) is 5.56 Å². The quantitative estimate of drug-likeness (QED) is 0.235. The van der Waals surface area contributed by atoms with Crippen LogP contribution in [0.5, 0.6) is 0 Å². The molecule has 30 heavy (non-hydrogen) atoms. The molecule has 0 spiro atoms. The summed E-state index contributed by atoms with van der Waals surface area (Å²) < 4.78 is 11.3. The van der Waals surface area contributed by atoms with Gasteiger partial charge in [-0.1, -0.05) is 30.3 Å². The molecule has 1 aromatic rings. The number of rotatable bonds is 6. The molecule has 2 aliphatic rings. The maximum absolute atomic E-state index is 10.6. The van der Waals surface area contributed by atoms with Crippen LogP contribution in [0.15, 0.2) is 30.3 Å². The first-order chi connectivity index (χ1) is 14.2. The Kier molecular flexibility index (Phi) is 7.80. The Hall–Kier alpha value is -1.18. The topological polar surface area (TPSA) is 184 Å². The van der Waals surface area contributed by atoms with Crippen molar-refractivity contribution in [2.75, 3.05) is 0 Å². The zero-order chi connectivity index (χ0) is 22.0. The lowest BCUT2D eigenvalue weighted by Gasteiger charge is -2.47. The molecule has 0 radical (unpaired) electrons. The second kappa shape index (κ2) is 9.96. The number of ether oxygens (including phenoxy) is 2. The van der Waals surface area contributed by atoms with Gasteiger partial charge in [-0.2, -0.15) is 0 Å². The summed E-state index contributed by atoms with van der Waals surface area (Å²) in [6, 6.07) is 7.41.